The van der Waals surface area contributed by atoms with Crippen LogP contribution in [0.1, 0.15) is 41.5 Å². The fourth-order valence-corrected chi connectivity index (χ4v) is 2.91. The van der Waals surface area contributed by atoms with Crippen molar-refractivity contribution in [2.24, 2.45) is 5.11 Å². The highest BCUT2D eigenvalue weighted by Gasteiger charge is 2.56. The van der Waals surface area contributed by atoms with E-state index in [1.54, 1.807) is 41.5 Å². The number of ether oxygens (including phenoxy) is 5. The Balaban J connectivity index is 2.24. The molecule has 136 valence electrons. The highest BCUT2D eigenvalue weighted by Crippen LogP contribution is 2.39. The summed E-state index contributed by atoms with van der Waals surface area (Å²) in [6.07, 6.45) is -3.13. The second-order valence-electron chi connectivity index (χ2n) is 7.06. The molecule has 0 saturated carbocycles. The van der Waals surface area contributed by atoms with Crippen LogP contribution in [0.15, 0.2) is 5.11 Å². The summed E-state index contributed by atoms with van der Waals surface area (Å²) in [5.41, 5.74) is 8.56. The minimum Gasteiger partial charge on any atom is -0.461 e. The molecule has 0 spiro atoms. The van der Waals surface area contributed by atoms with Crippen molar-refractivity contribution in [1.82, 2.24) is 0 Å². The molecule has 0 N–H and O–H groups in total. The molecule has 0 bridgehead atoms. The first-order valence-electron chi connectivity index (χ1n) is 7.97. The van der Waals surface area contributed by atoms with Gasteiger partial charge >= 0.3 is 5.97 Å². The number of hydrogen-bond acceptors (Lipinski definition) is 7. The second-order valence-corrected chi connectivity index (χ2v) is 7.06. The van der Waals surface area contributed by atoms with Crippen molar-refractivity contribution >= 4 is 5.97 Å². The molecule has 0 unspecified atom stereocenters. The number of azide groups is 1. The van der Waals surface area contributed by atoms with Crippen LogP contribution in [0.3, 0.4) is 0 Å². The summed E-state index contributed by atoms with van der Waals surface area (Å²) in [7, 11) is 0. The number of carbonyl (C=O) groups excluding carboxylic acids is 1. The lowest BCUT2D eigenvalue weighted by Crippen LogP contribution is -2.46. The standard InChI is InChI=1S/C15H25N3O6/c1-8(2)20-13(19)12-11(23-15(5,6)24-12)10-9(7-17-18-16)21-14(3,4)22-10/h8-12H,7H2,1-6H3/t9-,10+,11+,12-/m1/s1. The molecule has 0 amide bonds. The van der Waals surface area contributed by atoms with Crippen LogP contribution in [0, 0.1) is 0 Å². The van der Waals surface area contributed by atoms with Crippen molar-refractivity contribution in [3.8, 4) is 0 Å². The molecule has 9 heteroatoms. The second kappa shape index (κ2) is 6.85. The molecule has 2 aliphatic heterocycles. The number of nitrogens with zero attached hydrogens (tertiary/aromatic N) is 3. The van der Waals surface area contributed by atoms with E-state index in [4.69, 9.17) is 29.2 Å². The molecular formula is C15H25N3O6. The summed E-state index contributed by atoms with van der Waals surface area (Å²) >= 11 is 0. The molecule has 0 aliphatic carbocycles. The first-order chi connectivity index (χ1) is 11.0. The molecule has 0 aromatic rings. The quantitative estimate of drug-likeness (QED) is 0.328. The Hall–Kier alpha value is -1.38. The van der Waals surface area contributed by atoms with Gasteiger partial charge in [-0.05, 0) is 47.1 Å². The summed E-state index contributed by atoms with van der Waals surface area (Å²) in [4.78, 5) is 15.1. The van der Waals surface area contributed by atoms with Crippen molar-refractivity contribution in [2.75, 3.05) is 6.54 Å². The zero-order valence-electron chi connectivity index (χ0n) is 14.9. The van der Waals surface area contributed by atoms with Gasteiger partial charge in [0.15, 0.2) is 17.7 Å². The number of hydrogen-bond donors (Lipinski definition) is 0. The Morgan fingerprint density at radius 1 is 1.12 bits per heavy atom. The first-order valence-corrected chi connectivity index (χ1v) is 7.97. The summed E-state index contributed by atoms with van der Waals surface area (Å²) < 4.78 is 28.6. The topological polar surface area (TPSA) is 112 Å². The average Bonchev–Trinajstić information content (AvgIpc) is 2.91. The molecule has 2 heterocycles. The lowest BCUT2D eigenvalue weighted by atomic mass is 10.0. The molecule has 2 rings (SSSR count). The van der Waals surface area contributed by atoms with Crippen LogP contribution < -0.4 is 0 Å². The van der Waals surface area contributed by atoms with E-state index in [2.05, 4.69) is 10.0 Å². The van der Waals surface area contributed by atoms with Crippen LogP contribution in [0.4, 0.5) is 0 Å². The van der Waals surface area contributed by atoms with Crippen molar-refractivity contribution in [3.63, 3.8) is 0 Å². The van der Waals surface area contributed by atoms with Gasteiger partial charge in [0.2, 0.25) is 0 Å². The van der Waals surface area contributed by atoms with E-state index in [9.17, 15) is 4.79 Å². The van der Waals surface area contributed by atoms with E-state index in [1.807, 2.05) is 0 Å². The Morgan fingerprint density at radius 3 is 2.29 bits per heavy atom. The molecule has 0 aromatic carbocycles. The Bertz CT molecular complexity index is 529. The summed E-state index contributed by atoms with van der Waals surface area (Å²) in [6.45, 7) is 10.5. The van der Waals surface area contributed by atoms with Crippen LogP contribution in [0.25, 0.3) is 10.4 Å². The Kier molecular flexibility index (Phi) is 5.41. The van der Waals surface area contributed by atoms with Gasteiger partial charge in [-0.3, -0.25) is 0 Å². The maximum Gasteiger partial charge on any atom is 0.338 e. The molecule has 0 aromatic heterocycles. The van der Waals surface area contributed by atoms with Crippen molar-refractivity contribution in [3.05, 3.63) is 10.4 Å². The Labute approximate surface area is 141 Å². The van der Waals surface area contributed by atoms with E-state index < -0.39 is 42.0 Å². The third-order valence-corrected chi connectivity index (χ3v) is 3.58. The van der Waals surface area contributed by atoms with E-state index in [0.29, 0.717) is 0 Å². The van der Waals surface area contributed by atoms with Crippen LogP contribution in [0.2, 0.25) is 0 Å². The van der Waals surface area contributed by atoms with Gasteiger partial charge in [0.1, 0.15) is 12.2 Å². The summed E-state index contributed by atoms with van der Waals surface area (Å²) in [5, 5.41) is 3.56. The SMILES string of the molecule is CC(C)OC(=O)[C@@H]1OC(C)(C)O[C@H]1[C@H]1OC(C)(C)O[C@@H]1CN=[N+]=[N-]. The predicted octanol–water partition coefficient (Wildman–Crippen LogP) is 2.29. The van der Waals surface area contributed by atoms with Crippen LogP contribution in [-0.2, 0) is 28.5 Å². The predicted molar refractivity (Wildman–Crippen MR) is 82.9 cm³/mol. The zero-order valence-corrected chi connectivity index (χ0v) is 14.9. The van der Waals surface area contributed by atoms with Gasteiger partial charge in [-0.25, -0.2) is 4.79 Å². The summed E-state index contributed by atoms with van der Waals surface area (Å²) in [5.74, 6) is -2.37. The number of esters is 1. The minimum atomic E-state index is -0.968. The maximum absolute atomic E-state index is 12.4. The van der Waals surface area contributed by atoms with Crippen LogP contribution >= 0.6 is 0 Å². The van der Waals surface area contributed by atoms with Gasteiger partial charge < -0.3 is 23.7 Å². The zero-order chi connectivity index (χ0) is 18.1. The van der Waals surface area contributed by atoms with Crippen LogP contribution in [0.5, 0.6) is 0 Å². The minimum absolute atomic E-state index is 0.0663. The molecule has 2 aliphatic rings. The fourth-order valence-electron chi connectivity index (χ4n) is 2.91. The molecule has 0 radical (unpaired) electrons. The third kappa shape index (κ3) is 4.37. The van der Waals surface area contributed by atoms with Crippen molar-refractivity contribution in [2.45, 2.75) is 83.6 Å². The third-order valence-electron chi connectivity index (χ3n) is 3.58. The molecule has 4 atom stereocenters. The monoisotopic (exact) mass is 343 g/mol. The lowest BCUT2D eigenvalue weighted by Gasteiger charge is -2.25. The van der Waals surface area contributed by atoms with Crippen molar-refractivity contribution in [1.29, 1.82) is 0 Å². The number of carbonyl (C=O) groups is 1. The van der Waals surface area contributed by atoms with Crippen molar-refractivity contribution < 1.29 is 28.5 Å². The Morgan fingerprint density at radius 2 is 1.71 bits per heavy atom. The van der Waals surface area contributed by atoms with E-state index >= 15 is 0 Å². The molecular weight excluding hydrogens is 318 g/mol. The maximum atomic E-state index is 12.4. The number of rotatable bonds is 5. The van der Waals surface area contributed by atoms with Gasteiger partial charge in [-0.15, -0.1) is 0 Å². The van der Waals surface area contributed by atoms with Gasteiger partial charge in [0.25, 0.3) is 0 Å². The fraction of sp³-hybridized carbons (Fsp3) is 0.933. The van der Waals surface area contributed by atoms with E-state index in [1.165, 1.54) is 0 Å². The highest BCUT2D eigenvalue weighted by atomic mass is 16.8. The van der Waals surface area contributed by atoms with E-state index in [-0.39, 0.29) is 12.6 Å². The van der Waals surface area contributed by atoms with Gasteiger partial charge in [0.05, 0.1) is 18.8 Å². The lowest BCUT2D eigenvalue weighted by molar-refractivity contribution is -0.177. The average molecular weight is 343 g/mol. The van der Waals surface area contributed by atoms with Crippen LogP contribution in [-0.4, -0.2) is 54.6 Å². The highest BCUT2D eigenvalue weighted by molar-refractivity contribution is 5.76. The first kappa shape index (κ1) is 19.0. The normalized spacial score (nSPS) is 34.1. The molecule has 2 saturated heterocycles. The molecule has 9 nitrogen and oxygen atoms in total. The smallest absolute Gasteiger partial charge is 0.338 e. The largest absolute Gasteiger partial charge is 0.461 e. The van der Waals surface area contributed by atoms with Gasteiger partial charge in [-0.1, -0.05) is 5.11 Å². The van der Waals surface area contributed by atoms with Gasteiger partial charge in [0, 0.05) is 4.91 Å². The summed E-state index contributed by atoms with van der Waals surface area (Å²) in [6, 6.07) is 0. The van der Waals surface area contributed by atoms with E-state index in [0.717, 1.165) is 0 Å². The molecule has 24 heavy (non-hydrogen) atoms. The molecule has 2 fully saturated rings. The van der Waals surface area contributed by atoms with Gasteiger partial charge in [-0.2, -0.15) is 0 Å².